The zero-order valence-corrected chi connectivity index (χ0v) is 10.9. The van der Waals surface area contributed by atoms with Gasteiger partial charge in [0.2, 0.25) is 5.78 Å². The van der Waals surface area contributed by atoms with E-state index >= 15 is 0 Å². The lowest BCUT2D eigenvalue weighted by Gasteiger charge is -2.05. The number of hydrogen-bond acceptors (Lipinski definition) is 3. The van der Waals surface area contributed by atoms with Crippen LogP contribution in [0.15, 0.2) is 34.7 Å². The summed E-state index contributed by atoms with van der Waals surface area (Å²) in [6, 6.07) is 9.52. The van der Waals surface area contributed by atoms with Crippen LogP contribution in [0.1, 0.15) is 30.8 Å². The lowest BCUT2D eigenvalue weighted by molar-refractivity contribution is 0.0994. The molecular formula is C14H16O2S. The van der Waals surface area contributed by atoms with E-state index < -0.39 is 0 Å². The van der Waals surface area contributed by atoms with Gasteiger partial charge in [0, 0.05) is 10.6 Å². The highest BCUT2D eigenvalue weighted by Crippen LogP contribution is 2.21. The number of para-hydroxylation sites is 1. The minimum absolute atomic E-state index is 0.0755. The smallest absolute Gasteiger partial charge is 0.207 e. The molecule has 0 aliphatic carbocycles. The summed E-state index contributed by atoms with van der Waals surface area (Å²) in [5.41, 5.74) is 0.782. The van der Waals surface area contributed by atoms with Crippen LogP contribution in [-0.4, -0.2) is 16.8 Å². The van der Waals surface area contributed by atoms with Crippen LogP contribution < -0.4 is 0 Å². The van der Waals surface area contributed by atoms with E-state index in [0.717, 1.165) is 17.4 Å². The van der Waals surface area contributed by atoms with Gasteiger partial charge in [-0.15, -0.1) is 0 Å². The van der Waals surface area contributed by atoms with E-state index in [9.17, 15) is 4.79 Å². The molecule has 0 amide bonds. The van der Waals surface area contributed by atoms with Gasteiger partial charge in [-0.25, -0.2) is 0 Å². The fourth-order valence-electron chi connectivity index (χ4n) is 1.53. The number of Topliss-reactive ketones (excluding diaryl/α,β-unsaturated/α-hetero) is 1. The van der Waals surface area contributed by atoms with Crippen molar-refractivity contribution in [3.8, 4) is 0 Å². The quantitative estimate of drug-likeness (QED) is 0.745. The summed E-state index contributed by atoms with van der Waals surface area (Å²) in [5.74, 6) is 1.04. The van der Waals surface area contributed by atoms with Crippen LogP contribution in [0.5, 0.6) is 0 Å². The van der Waals surface area contributed by atoms with Crippen molar-refractivity contribution in [1.82, 2.24) is 0 Å². The molecule has 1 aromatic heterocycles. The second-order valence-corrected chi connectivity index (χ2v) is 5.53. The highest BCUT2D eigenvalue weighted by atomic mass is 32.2. The first-order valence-corrected chi connectivity index (χ1v) is 6.89. The van der Waals surface area contributed by atoms with Gasteiger partial charge in [-0.2, -0.15) is 11.8 Å². The number of hydrogen-bond donors (Lipinski definition) is 0. The maximum Gasteiger partial charge on any atom is 0.207 e. The van der Waals surface area contributed by atoms with Gasteiger partial charge in [0.1, 0.15) is 5.58 Å². The summed E-state index contributed by atoms with van der Waals surface area (Å²) in [6.07, 6.45) is 1.08. The molecule has 1 aromatic carbocycles. The molecule has 2 aromatic rings. The molecule has 1 atom stereocenters. The molecule has 0 fully saturated rings. The zero-order valence-electron chi connectivity index (χ0n) is 10.1. The van der Waals surface area contributed by atoms with E-state index in [1.165, 1.54) is 0 Å². The molecule has 1 unspecified atom stereocenters. The van der Waals surface area contributed by atoms with Crippen molar-refractivity contribution in [2.45, 2.75) is 25.5 Å². The van der Waals surface area contributed by atoms with E-state index in [0.29, 0.717) is 16.8 Å². The van der Waals surface area contributed by atoms with Crippen molar-refractivity contribution in [3.05, 3.63) is 36.1 Å². The molecule has 0 spiro atoms. The molecule has 17 heavy (non-hydrogen) atoms. The number of benzene rings is 1. The number of fused-ring (bicyclic) bond motifs is 1. The minimum Gasteiger partial charge on any atom is -0.453 e. The highest BCUT2D eigenvalue weighted by molar-refractivity contribution is 8.00. The maximum absolute atomic E-state index is 11.9. The first-order chi connectivity index (χ1) is 8.20. The Labute approximate surface area is 105 Å². The molecule has 2 rings (SSSR count). The Bertz CT molecular complexity index is 483. The molecule has 0 aliphatic rings. The first kappa shape index (κ1) is 12.2. The normalized spacial score (nSPS) is 12.8. The Balaban J connectivity index is 2.08. The van der Waals surface area contributed by atoms with Crippen molar-refractivity contribution < 1.29 is 9.21 Å². The van der Waals surface area contributed by atoms with E-state index in [1.807, 2.05) is 30.3 Å². The Morgan fingerprint density at radius 2 is 2.18 bits per heavy atom. The van der Waals surface area contributed by atoms with Crippen molar-refractivity contribution in [2.24, 2.45) is 0 Å². The monoisotopic (exact) mass is 248 g/mol. The van der Waals surface area contributed by atoms with Gasteiger partial charge in [0.15, 0.2) is 5.76 Å². The molecule has 0 saturated carbocycles. The summed E-state index contributed by atoms with van der Waals surface area (Å²) in [7, 11) is 0. The lowest BCUT2D eigenvalue weighted by atomic mass is 10.2. The molecule has 1 heterocycles. The van der Waals surface area contributed by atoms with Crippen LogP contribution in [0.25, 0.3) is 11.0 Å². The van der Waals surface area contributed by atoms with E-state index in [1.54, 1.807) is 11.8 Å². The van der Waals surface area contributed by atoms with Gasteiger partial charge in [-0.1, -0.05) is 32.0 Å². The van der Waals surface area contributed by atoms with Crippen molar-refractivity contribution in [3.63, 3.8) is 0 Å². The third-order valence-corrected chi connectivity index (χ3v) is 4.11. The predicted octanol–water partition coefficient (Wildman–Crippen LogP) is 4.15. The molecule has 0 radical (unpaired) electrons. The largest absolute Gasteiger partial charge is 0.453 e. The standard InChI is InChI=1S/C14H16O2S/c1-3-10(2)17-9-12(15)14-8-11-6-4-5-7-13(11)16-14/h4-8,10H,3,9H2,1-2H3. The Hall–Kier alpha value is -1.22. The second-order valence-electron chi connectivity index (χ2n) is 4.10. The van der Waals surface area contributed by atoms with Crippen LogP contribution in [0.3, 0.4) is 0 Å². The summed E-state index contributed by atoms with van der Waals surface area (Å²) in [4.78, 5) is 11.9. The number of ketones is 1. The lowest BCUT2D eigenvalue weighted by Crippen LogP contribution is -2.04. The van der Waals surface area contributed by atoms with Crippen LogP contribution in [0, 0.1) is 0 Å². The first-order valence-electron chi connectivity index (χ1n) is 5.84. The molecule has 0 N–H and O–H groups in total. The van der Waals surface area contributed by atoms with Crippen LogP contribution in [0.2, 0.25) is 0 Å². The van der Waals surface area contributed by atoms with Crippen LogP contribution >= 0.6 is 11.8 Å². The Morgan fingerprint density at radius 1 is 1.41 bits per heavy atom. The number of carbonyl (C=O) groups is 1. The summed E-state index contributed by atoms with van der Waals surface area (Å²) >= 11 is 1.68. The maximum atomic E-state index is 11.9. The Kier molecular flexibility index (Phi) is 3.89. The molecule has 3 heteroatoms. The molecule has 0 aliphatic heterocycles. The average molecular weight is 248 g/mol. The molecular weight excluding hydrogens is 232 g/mol. The molecule has 2 nitrogen and oxygen atoms in total. The predicted molar refractivity (Wildman–Crippen MR) is 72.8 cm³/mol. The van der Waals surface area contributed by atoms with Crippen LogP contribution in [0.4, 0.5) is 0 Å². The SMILES string of the molecule is CCC(C)SCC(=O)c1cc2ccccc2o1. The van der Waals surface area contributed by atoms with E-state index in [2.05, 4.69) is 13.8 Å². The summed E-state index contributed by atoms with van der Waals surface area (Å²) < 4.78 is 5.53. The van der Waals surface area contributed by atoms with E-state index in [4.69, 9.17) is 4.42 Å². The molecule has 90 valence electrons. The third kappa shape index (κ3) is 2.91. The van der Waals surface area contributed by atoms with Gasteiger partial charge in [0.25, 0.3) is 0 Å². The summed E-state index contributed by atoms with van der Waals surface area (Å²) in [5, 5.41) is 1.51. The van der Waals surface area contributed by atoms with Gasteiger partial charge in [0.05, 0.1) is 5.75 Å². The number of furan rings is 1. The molecule has 0 saturated heterocycles. The van der Waals surface area contributed by atoms with Gasteiger partial charge in [-0.3, -0.25) is 4.79 Å². The number of rotatable bonds is 5. The van der Waals surface area contributed by atoms with Crippen molar-refractivity contribution in [1.29, 1.82) is 0 Å². The fraction of sp³-hybridized carbons (Fsp3) is 0.357. The topological polar surface area (TPSA) is 30.2 Å². The van der Waals surface area contributed by atoms with Gasteiger partial charge in [-0.05, 0) is 18.6 Å². The second kappa shape index (κ2) is 5.41. The van der Waals surface area contributed by atoms with Crippen LogP contribution in [-0.2, 0) is 0 Å². The summed E-state index contributed by atoms with van der Waals surface area (Å²) in [6.45, 7) is 4.26. The fourth-order valence-corrected chi connectivity index (χ4v) is 2.34. The third-order valence-electron chi connectivity index (χ3n) is 2.77. The van der Waals surface area contributed by atoms with Gasteiger partial charge < -0.3 is 4.42 Å². The van der Waals surface area contributed by atoms with Crippen molar-refractivity contribution in [2.75, 3.05) is 5.75 Å². The Morgan fingerprint density at radius 3 is 2.88 bits per heavy atom. The minimum atomic E-state index is 0.0755. The zero-order chi connectivity index (χ0) is 12.3. The molecule has 0 bridgehead atoms. The number of thioether (sulfide) groups is 1. The van der Waals surface area contributed by atoms with Gasteiger partial charge >= 0.3 is 0 Å². The van der Waals surface area contributed by atoms with E-state index in [-0.39, 0.29) is 5.78 Å². The number of carbonyl (C=O) groups excluding carboxylic acids is 1. The highest BCUT2D eigenvalue weighted by Gasteiger charge is 2.13. The van der Waals surface area contributed by atoms with Crippen molar-refractivity contribution >= 4 is 28.5 Å². The average Bonchev–Trinajstić information content (AvgIpc) is 2.79.